The van der Waals surface area contributed by atoms with E-state index in [0.29, 0.717) is 10.9 Å². The van der Waals surface area contributed by atoms with Gasteiger partial charge in [0, 0.05) is 5.02 Å². The Morgan fingerprint density at radius 1 is 1.33 bits per heavy atom. The predicted octanol–water partition coefficient (Wildman–Crippen LogP) is 3.68. The van der Waals surface area contributed by atoms with Crippen LogP contribution in [0.25, 0.3) is 0 Å². The average molecular weight is 187 g/mol. The largest absolute Gasteiger partial charge is 0.207 e. The molecule has 0 spiro atoms. The maximum atomic E-state index is 12.8. The molecule has 0 aromatic heterocycles. The van der Waals surface area contributed by atoms with E-state index in [2.05, 4.69) is 13.8 Å². The van der Waals surface area contributed by atoms with Crippen molar-refractivity contribution >= 4 is 11.6 Å². The van der Waals surface area contributed by atoms with Gasteiger partial charge < -0.3 is 0 Å². The van der Waals surface area contributed by atoms with E-state index in [1.807, 2.05) is 6.07 Å². The van der Waals surface area contributed by atoms with Crippen LogP contribution in [-0.2, 0) is 6.42 Å². The van der Waals surface area contributed by atoms with Gasteiger partial charge in [-0.05, 0) is 36.1 Å². The number of rotatable bonds is 2. The van der Waals surface area contributed by atoms with Crippen LogP contribution in [0.5, 0.6) is 0 Å². The van der Waals surface area contributed by atoms with Gasteiger partial charge in [-0.2, -0.15) is 0 Å². The van der Waals surface area contributed by atoms with Crippen molar-refractivity contribution in [1.82, 2.24) is 0 Å². The summed E-state index contributed by atoms with van der Waals surface area (Å²) in [6.45, 7) is 4.19. The van der Waals surface area contributed by atoms with Crippen LogP contribution in [0.2, 0.25) is 5.02 Å². The molecule has 12 heavy (non-hydrogen) atoms. The van der Waals surface area contributed by atoms with Gasteiger partial charge >= 0.3 is 0 Å². The second-order valence-corrected chi connectivity index (χ2v) is 3.81. The van der Waals surface area contributed by atoms with Gasteiger partial charge in [-0.1, -0.05) is 25.4 Å². The van der Waals surface area contributed by atoms with Gasteiger partial charge in [0.05, 0.1) is 0 Å². The third-order valence-electron chi connectivity index (χ3n) is 1.57. The first kappa shape index (κ1) is 9.53. The fourth-order valence-corrected chi connectivity index (χ4v) is 1.44. The SMILES string of the molecule is CC(C)Cc1cc(F)cc(Cl)c1. The summed E-state index contributed by atoms with van der Waals surface area (Å²) in [7, 11) is 0. The number of benzene rings is 1. The molecule has 0 unspecified atom stereocenters. The maximum Gasteiger partial charge on any atom is 0.124 e. The molecule has 1 aromatic carbocycles. The molecule has 0 amide bonds. The monoisotopic (exact) mass is 186 g/mol. The minimum atomic E-state index is -0.252. The summed E-state index contributed by atoms with van der Waals surface area (Å²) in [6, 6.07) is 4.67. The number of hydrogen-bond acceptors (Lipinski definition) is 0. The van der Waals surface area contributed by atoms with Crippen LogP contribution in [0.4, 0.5) is 4.39 Å². The molecular formula is C10H12ClF. The lowest BCUT2D eigenvalue weighted by Gasteiger charge is -2.04. The molecule has 0 saturated carbocycles. The first-order chi connectivity index (χ1) is 5.58. The third kappa shape index (κ3) is 2.82. The van der Waals surface area contributed by atoms with E-state index >= 15 is 0 Å². The molecule has 0 bridgehead atoms. The van der Waals surface area contributed by atoms with Gasteiger partial charge in [0.15, 0.2) is 0 Å². The molecule has 2 heteroatoms. The summed E-state index contributed by atoms with van der Waals surface area (Å²) in [5, 5.41) is 0.477. The molecule has 66 valence electrons. The Kier molecular flexibility index (Phi) is 3.10. The molecule has 1 aromatic rings. The van der Waals surface area contributed by atoms with Gasteiger partial charge in [-0.15, -0.1) is 0 Å². The van der Waals surface area contributed by atoms with E-state index in [1.165, 1.54) is 12.1 Å². The van der Waals surface area contributed by atoms with E-state index in [-0.39, 0.29) is 5.82 Å². The van der Waals surface area contributed by atoms with Gasteiger partial charge in [0.1, 0.15) is 5.82 Å². The topological polar surface area (TPSA) is 0 Å². The molecule has 0 radical (unpaired) electrons. The highest BCUT2D eigenvalue weighted by atomic mass is 35.5. The second-order valence-electron chi connectivity index (χ2n) is 3.38. The molecule has 0 aliphatic rings. The van der Waals surface area contributed by atoms with E-state index < -0.39 is 0 Å². The standard InChI is InChI=1S/C10H12ClF/c1-7(2)3-8-4-9(11)6-10(12)5-8/h4-7H,3H2,1-2H3. The Morgan fingerprint density at radius 3 is 2.50 bits per heavy atom. The Bertz CT molecular complexity index is 248. The highest BCUT2D eigenvalue weighted by Gasteiger charge is 2.01. The van der Waals surface area contributed by atoms with Crippen molar-refractivity contribution in [2.75, 3.05) is 0 Å². The van der Waals surface area contributed by atoms with Crippen LogP contribution in [0.15, 0.2) is 18.2 Å². The van der Waals surface area contributed by atoms with Crippen LogP contribution in [0.3, 0.4) is 0 Å². The molecule has 0 atom stereocenters. The predicted molar refractivity (Wildman–Crippen MR) is 50.0 cm³/mol. The van der Waals surface area contributed by atoms with E-state index in [9.17, 15) is 4.39 Å². The fourth-order valence-electron chi connectivity index (χ4n) is 1.20. The average Bonchev–Trinajstić information content (AvgIpc) is 1.81. The van der Waals surface area contributed by atoms with Crippen molar-refractivity contribution in [3.8, 4) is 0 Å². The fraction of sp³-hybridized carbons (Fsp3) is 0.400. The molecule has 0 saturated heterocycles. The molecule has 0 aliphatic heterocycles. The van der Waals surface area contributed by atoms with Crippen molar-refractivity contribution in [3.63, 3.8) is 0 Å². The minimum Gasteiger partial charge on any atom is -0.207 e. The highest BCUT2D eigenvalue weighted by Crippen LogP contribution is 2.16. The van der Waals surface area contributed by atoms with E-state index in [4.69, 9.17) is 11.6 Å². The Hall–Kier alpha value is -0.560. The Morgan fingerprint density at radius 2 is 2.00 bits per heavy atom. The first-order valence-corrected chi connectivity index (χ1v) is 4.40. The first-order valence-electron chi connectivity index (χ1n) is 4.03. The van der Waals surface area contributed by atoms with Gasteiger partial charge in [-0.3, -0.25) is 0 Å². The Balaban J connectivity index is 2.85. The van der Waals surface area contributed by atoms with Crippen LogP contribution in [0, 0.1) is 11.7 Å². The quantitative estimate of drug-likeness (QED) is 0.661. The zero-order valence-corrected chi connectivity index (χ0v) is 8.03. The van der Waals surface area contributed by atoms with E-state index in [1.54, 1.807) is 0 Å². The summed E-state index contributed by atoms with van der Waals surface area (Å²) < 4.78 is 12.8. The van der Waals surface area contributed by atoms with E-state index in [0.717, 1.165) is 12.0 Å². The normalized spacial score (nSPS) is 10.8. The van der Waals surface area contributed by atoms with Crippen LogP contribution in [0.1, 0.15) is 19.4 Å². The van der Waals surface area contributed by atoms with Crippen LogP contribution in [-0.4, -0.2) is 0 Å². The molecule has 0 nitrogen and oxygen atoms in total. The van der Waals surface area contributed by atoms with Gasteiger partial charge in [0.2, 0.25) is 0 Å². The lowest BCUT2D eigenvalue weighted by molar-refractivity contribution is 0.613. The maximum absolute atomic E-state index is 12.8. The molecule has 1 rings (SSSR count). The summed E-state index contributed by atoms with van der Waals surface area (Å²) in [4.78, 5) is 0. The molecule has 0 heterocycles. The van der Waals surface area contributed by atoms with Crippen molar-refractivity contribution < 1.29 is 4.39 Å². The van der Waals surface area contributed by atoms with Gasteiger partial charge in [0.25, 0.3) is 0 Å². The Labute approximate surface area is 77.4 Å². The van der Waals surface area contributed by atoms with Gasteiger partial charge in [-0.25, -0.2) is 4.39 Å². The minimum absolute atomic E-state index is 0.252. The van der Waals surface area contributed by atoms with Crippen molar-refractivity contribution in [3.05, 3.63) is 34.6 Å². The second kappa shape index (κ2) is 3.90. The summed E-state index contributed by atoms with van der Waals surface area (Å²) in [5.41, 5.74) is 0.968. The zero-order valence-electron chi connectivity index (χ0n) is 7.27. The van der Waals surface area contributed by atoms with Crippen LogP contribution < -0.4 is 0 Å². The molecule has 0 N–H and O–H groups in total. The highest BCUT2D eigenvalue weighted by molar-refractivity contribution is 6.30. The summed E-state index contributed by atoms with van der Waals surface area (Å²) in [6.07, 6.45) is 0.872. The third-order valence-corrected chi connectivity index (χ3v) is 1.78. The number of halogens is 2. The van der Waals surface area contributed by atoms with Crippen molar-refractivity contribution in [2.45, 2.75) is 20.3 Å². The molecule has 0 aliphatic carbocycles. The summed E-state index contributed by atoms with van der Waals surface area (Å²) in [5.74, 6) is 0.279. The van der Waals surface area contributed by atoms with Crippen molar-refractivity contribution in [1.29, 1.82) is 0 Å². The van der Waals surface area contributed by atoms with Crippen LogP contribution >= 0.6 is 11.6 Å². The lowest BCUT2D eigenvalue weighted by atomic mass is 10.0. The summed E-state index contributed by atoms with van der Waals surface area (Å²) >= 11 is 5.69. The number of hydrogen-bond donors (Lipinski definition) is 0. The molecule has 0 fully saturated rings. The smallest absolute Gasteiger partial charge is 0.124 e. The lowest BCUT2D eigenvalue weighted by Crippen LogP contribution is -1.94. The van der Waals surface area contributed by atoms with Crippen molar-refractivity contribution in [2.24, 2.45) is 5.92 Å². The molecular weight excluding hydrogens is 175 g/mol. The zero-order chi connectivity index (χ0) is 9.14.